The van der Waals surface area contributed by atoms with Gasteiger partial charge in [-0.25, -0.2) is 32.5 Å². The molecule has 1 aromatic carbocycles. The molecule has 0 amide bonds. The number of alkyl halides is 2. The van der Waals surface area contributed by atoms with Gasteiger partial charge >= 0.3 is 0 Å². The third-order valence-corrected chi connectivity index (χ3v) is 3.56. The third kappa shape index (κ3) is 3.39. The number of imidazole rings is 1. The number of rotatable bonds is 4. The lowest BCUT2D eigenvalue weighted by atomic mass is 10.1. The highest BCUT2D eigenvalue weighted by molar-refractivity contribution is 6.04. The van der Waals surface area contributed by atoms with Crippen molar-refractivity contribution in [3.63, 3.8) is 0 Å². The predicted octanol–water partition coefficient (Wildman–Crippen LogP) is 2.55. The molecule has 2 aromatic heterocycles. The maximum Gasteiger partial charge on any atom is 0.296 e. The first-order valence-electron chi connectivity index (χ1n) is 7.33. The second-order valence-corrected chi connectivity index (χ2v) is 5.29. The van der Waals surface area contributed by atoms with Gasteiger partial charge in [-0.15, -0.1) is 0 Å². The molecule has 0 saturated carbocycles. The molecular formula is C16H12F4N6. The van der Waals surface area contributed by atoms with Gasteiger partial charge in [-0.05, 0) is 12.1 Å². The first-order valence-corrected chi connectivity index (χ1v) is 7.33. The van der Waals surface area contributed by atoms with Crippen molar-refractivity contribution in [3.05, 3.63) is 65.4 Å². The summed E-state index contributed by atoms with van der Waals surface area (Å²) in [5, 5.41) is 7.08. The number of hydrogen-bond donors (Lipinski definition) is 2. The number of halogens is 4. The number of hydrogen-bond acceptors (Lipinski definition) is 3. The molecular weight excluding hydrogens is 352 g/mol. The fraction of sp³-hybridized carbons (Fsp3) is 0.125. The van der Waals surface area contributed by atoms with Gasteiger partial charge in [-0.3, -0.25) is 5.41 Å². The predicted molar refractivity (Wildman–Crippen MR) is 86.6 cm³/mol. The van der Waals surface area contributed by atoms with E-state index < -0.39 is 29.7 Å². The van der Waals surface area contributed by atoms with E-state index in [1.807, 2.05) is 0 Å². The van der Waals surface area contributed by atoms with Gasteiger partial charge in [0.2, 0.25) is 0 Å². The fourth-order valence-electron chi connectivity index (χ4n) is 2.34. The van der Waals surface area contributed by atoms with Crippen LogP contribution in [0.5, 0.6) is 0 Å². The minimum absolute atomic E-state index is 0.0207. The number of amidine groups is 2. The monoisotopic (exact) mass is 364 g/mol. The van der Waals surface area contributed by atoms with Gasteiger partial charge in [-0.2, -0.15) is 0 Å². The van der Waals surface area contributed by atoms with E-state index in [4.69, 9.17) is 11.1 Å². The maximum absolute atomic E-state index is 13.9. The molecule has 3 aromatic rings. The third-order valence-electron chi connectivity index (χ3n) is 3.56. The lowest BCUT2D eigenvalue weighted by Crippen LogP contribution is -2.21. The first-order chi connectivity index (χ1) is 12.4. The Kier molecular flexibility index (Phi) is 4.65. The van der Waals surface area contributed by atoms with Crippen LogP contribution in [0.15, 0.2) is 41.8 Å². The van der Waals surface area contributed by atoms with Gasteiger partial charge in [0.15, 0.2) is 17.3 Å². The van der Waals surface area contributed by atoms with Gasteiger partial charge in [0.05, 0.1) is 5.69 Å². The van der Waals surface area contributed by atoms with Crippen molar-refractivity contribution in [2.45, 2.75) is 12.8 Å². The molecule has 0 aliphatic heterocycles. The molecule has 0 aliphatic carbocycles. The smallest absolute Gasteiger partial charge is 0.296 e. The van der Waals surface area contributed by atoms with E-state index in [-0.39, 0.29) is 23.4 Å². The molecule has 0 saturated heterocycles. The summed E-state index contributed by atoms with van der Waals surface area (Å²) in [6, 6.07) is 3.47. The van der Waals surface area contributed by atoms with Crippen LogP contribution in [0.1, 0.15) is 17.0 Å². The Balaban J connectivity index is 2.08. The molecule has 0 bridgehead atoms. The molecule has 10 heteroatoms. The number of fused-ring (bicyclic) bond motifs is 1. The van der Waals surface area contributed by atoms with Crippen LogP contribution < -0.4 is 5.73 Å². The fourth-order valence-corrected chi connectivity index (χ4v) is 2.34. The molecule has 134 valence electrons. The Bertz CT molecular complexity index is 991. The van der Waals surface area contributed by atoms with E-state index in [1.165, 1.54) is 29.1 Å². The minimum atomic E-state index is -3.09. The summed E-state index contributed by atoms with van der Waals surface area (Å²) in [6.07, 6.45) is 1.04. The number of nitrogens with two attached hydrogens (primary N) is 1. The number of aliphatic imine (C=N–C) groups is 1. The maximum atomic E-state index is 13.9. The zero-order valence-electron chi connectivity index (χ0n) is 13.1. The van der Waals surface area contributed by atoms with E-state index >= 15 is 0 Å². The molecule has 0 atom stereocenters. The van der Waals surface area contributed by atoms with Gasteiger partial charge in [0.1, 0.15) is 17.3 Å². The quantitative estimate of drug-likeness (QED) is 0.423. The summed E-state index contributed by atoms with van der Waals surface area (Å²) in [6.45, 7) is 0. The van der Waals surface area contributed by atoms with Crippen LogP contribution in [0.3, 0.4) is 0 Å². The van der Waals surface area contributed by atoms with Gasteiger partial charge in [0, 0.05) is 30.6 Å². The van der Waals surface area contributed by atoms with Gasteiger partial charge in [0.25, 0.3) is 6.43 Å². The topological polar surface area (TPSA) is 92.4 Å². The number of benzene rings is 1. The van der Waals surface area contributed by atoms with E-state index in [0.29, 0.717) is 5.65 Å². The van der Waals surface area contributed by atoms with Crippen molar-refractivity contribution in [3.8, 4) is 0 Å². The number of nitrogens with zero attached hydrogens (tertiary/aromatic N) is 4. The highest BCUT2D eigenvalue weighted by atomic mass is 19.3. The van der Waals surface area contributed by atoms with Crippen LogP contribution in [0.2, 0.25) is 0 Å². The minimum Gasteiger partial charge on any atom is -0.382 e. The number of aromatic nitrogens is 3. The van der Waals surface area contributed by atoms with Gasteiger partial charge in [-0.1, -0.05) is 6.07 Å². The van der Waals surface area contributed by atoms with E-state index in [2.05, 4.69) is 15.0 Å². The Hall–Kier alpha value is -3.30. The molecule has 3 N–H and O–H groups in total. The molecule has 0 radical (unpaired) electrons. The molecule has 6 nitrogen and oxygen atoms in total. The number of nitrogens with one attached hydrogen (secondary N) is 1. The summed E-state index contributed by atoms with van der Waals surface area (Å²) in [4.78, 5) is 11.5. The molecule has 0 unspecified atom stereocenters. The summed E-state index contributed by atoms with van der Waals surface area (Å²) < 4.78 is 54.2. The average Bonchev–Trinajstić information content (AvgIpc) is 3.06. The summed E-state index contributed by atoms with van der Waals surface area (Å²) >= 11 is 0. The van der Waals surface area contributed by atoms with E-state index in [9.17, 15) is 17.6 Å². The SMILES string of the molecule is N=C(/N=C(\N)c1cn2ccnc2c(Cc2c(F)cccc2F)n1)C(F)F. The van der Waals surface area contributed by atoms with Crippen molar-refractivity contribution in [1.29, 1.82) is 5.41 Å². The van der Waals surface area contributed by atoms with Crippen molar-refractivity contribution >= 4 is 17.3 Å². The second-order valence-electron chi connectivity index (χ2n) is 5.29. The molecule has 26 heavy (non-hydrogen) atoms. The lowest BCUT2D eigenvalue weighted by molar-refractivity contribution is 0.223. The second kappa shape index (κ2) is 6.90. The summed E-state index contributed by atoms with van der Waals surface area (Å²) in [5.41, 5.74) is 5.92. The highest BCUT2D eigenvalue weighted by Gasteiger charge is 2.17. The Morgan fingerprint density at radius 1 is 1.27 bits per heavy atom. The Morgan fingerprint density at radius 2 is 1.96 bits per heavy atom. The highest BCUT2D eigenvalue weighted by Crippen LogP contribution is 2.19. The van der Waals surface area contributed by atoms with Crippen LogP contribution in [-0.2, 0) is 6.42 Å². The Morgan fingerprint density at radius 3 is 2.62 bits per heavy atom. The normalized spacial score (nSPS) is 12.1. The molecule has 0 spiro atoms. The average molecular weight is 364 g/mol. The van der Waals surface area contributed by atoms with Crippen LogP contribution in [0, 0.1) is 17.0 Å². The largest absolute Gasteiger partial charge is 0.382 e. The summed E-state index contributed by atoms with van der Waals surface area (Å²) in [5.74, 6) is -3.12. The lowest BCUT2D eigenvalue weighted by Gasteiger charge is -2.09. The molecule has 2 heterocycles. The summed E-state index contributed by atoms with van der Waals surface area (Å²) in [7, 11) is 0. The van der Waals surface area contributed by atoms with Crippen molar-refractivity contribution in [2.75, 3.05) is 0 Å². The van der Waals surface area contributed by atoms with E-state index in [1.54, 1.807) is 0 Å². The van der Waals surface area contributed by atoms with Crippen LogP contribution in [0.4, 0.5) is 17.6 Å². The first kappa shape index (κ1) is 17.5. The Labute approximate surface area is 144 Å². The zero-order valence-corrected chi connectivity index (χ0v) is 13.1. The van der Waals surface area contributed by atoms with Gasteiger partial charge < -0.3 is 10.1 Å². The van der Waals surface area contributed by atoms with E-state index in [0.717, 1.165) is 12.1 Å². The standard InChI is InChI=1S/C16H12F4N6/c17-9-2-1-3-10(18)8(9)6-11-16-23-4-5-26(16)7-12(24-11)14(21)25-15(22)13(19)20/h1-5,7,13H,6H2,(H3,21,22,25). The van der Waals surface area contributed by atoms with Crippen molar-refractivity contribution in [2.24, 2.45) is 10.7 Å². The van der Waals surface area contributed by atoms with Crippen molar-refractivity contribution in [1.82, 2.24) is 14.4 Å². The van der Waals surface area contributed by atoms with Crippen LogP contribution in [-0.4, -0.2) is 32.5 Å². The van der Waals surface area contributed by atoms with Crippen LogP contribution >= 0.6 is 0 Å². The zero-order chi connectivity index (χ0) is 18.8. The molecule has 3 rings (SSSR count). The molecule has 0 aliphatic rings. The van der Waals surface area contributed by atoms with Crippen molar-refractivity contribution < 1.29 is 17.6 Å². The molecule has 0 fully saturated rings. The van der Waals surface area contributed by atoms with Crippen LogP contribution in [0.25, 0.3) is 5.65 Å².